The van der Waals surface area contributed by atoms with Gasteiger partial charge in [0.1, 0.15) is 0 Å². The zero-order chi connectivity index (χ0) is 66.8. The molecule has 1 saturated heterocycles. The highest BCUT2D eigenvalue weighted by atomic mass is 16.7. The molecule has 7 aromatic carbocycles. The molecule has 0 bridgehead atoms. The smallest absolute Gasteiger partial charge is 0.273 e. The Morgan fingerprint density at radius 1 is 0.258 bits per heavy atom. The average molecular weight is 1240 g/mol. The van der Waals surface area contributed by atoms with E-state index in [0.29, 0.717) is 0 Å². The first kappa shape index (κ1) is 62.8. The Balaban J connectivity index is 1.82. The fourth-order valence-electron chi connectivity index (χ4n) is 10.0. The van der Waals surface area contributed by atoms with Crippen molar-refractivity contribution in [3.63, 3.8) is 0 Å². The topological polar surface area (TPSA) is 655 Å². The van der Waals surface area contributed by atoms with Crippen molar-refractivity contribution < 1.29 is 171 Å². The number of ether oxygens (including phenoxy) is 1. The molecule has 89 heavy (non-hydrogen) atoms. The molecule has 1 unspecified atom stereocenters. The number of benzene rings is 7. The van der Waals surface area contributed by atoms with Gasteiger partial charge in [0.25, 0.3) is 5.79 Å². The normalized spacial score (nSPS) is 20.7. The Labute approximate surface area is 488 Å². The molecule has 464 valence electrons. The van der Waals surface area contributed by atoms with Crippen LogP contribution in [0.1, 0.15) is 72.5 Å². The number of carbonyl (C=O) groups is 7. The van der Waals surface area contributed by atoms with Crippen molar-refractivity contribution in [1.29, 1.82) is 0 Å². The second-order valence-electron chi connectivity index (χ2n) is 19.6. The van der Waals surface area contributed by atoms with Gasteiger partial charge in [-0.25, -0.2) is 0 Å². The molecule has 0 spiro atoms. The Morgan fingerprint density at radius 3 is 0.674 bits per heavy atom. The number of aromatic hydroxyl groups is 21. The minimum Gasteiger partial charge on any atom is -0.504 e. The molecule has 1 aliphatic rings. The van der Waals surface area contributed by atoms with Crippen molar-refractivity contribution in [2.75, 3.05) is 0 Å². The SMILES string of the molecule is O=C(c1cc(O)c(O)c(O)c1)C(O)(C(=O)c1cc(O)c(O)c(O)c1)[C@@]1(C(=O)c2cc(O)c(O)c(O)c2)OC(O)(C(=O)c2cc(O)c(O)c(O)c2)[C@@](O)(C(=O)c2cc(O)c(O)c(O)c2)[C@](O)(C(=O)c2cc(O)c(O)c(O)c2)[C@@]1(O)C(=O)c1cc(O)c(O)c(O)c1. The molecule has 0 amide bonds. The maximum atomic E-state index is 16.8. The van der Waals surface area contributed by atoms with Gasteiger partial charge in [0.05, 0.1) is 0 Å². The summed E-state index contributed by atoms with van der Waals surface area (Å²) >= 11 is 0. The zero-order valence-corrected chi connectivity index (χ0v) is 43.5. The molecule has 0 saturated carbocycles. The van der Waals surface area contributed by atoms with Crippen LogP contribution in [0.25, 0.3) is 0 Å². The van der Waals surface area contributed by atoms with Crippen molar-refractivity contribution in [2.24, 2.45) is 0 Å². The van der Waals surface area contributed by atoms with Crippen LogP contribution in [0.2, 0.25) is 0 Å². The number of hydrogen-bond acceptors (Lipinski definition) is 34. The van der Waals surface area contributed by atoms with Gasteiger partial charge in [-0.15, -0.1) is 0 Å². The van der Waals surface area contributed by atoms with Crippen molar-refractivity contribution >= 4 is 40.5 Å². The third-order valence-corrected chi connectivity index (χ3v) is 14.5. The summed E-state index contributed by atoms with van der Waals surface area (Å²) in [5.41, 5.74) is -45.1. The molecule has 8 rings (SSSR count). The van der Waals surface area contributed by atoms with Crippen LogP contribution in [-0.4, -0.2) is 207 Å². The van der Waals surface area contributed by atoms with E-state index in [-0.39, 0.29) is 84.9 Å². The Hall–Kier alpha value is -12.2. The van der Waals surface area contributed by atoms with E-state index < -0.39 is 234 Å². The van der Waals surface area contributed by atoms with Crippen LogP contribution in [0, 0.1) is 0 Å². The average Bonchev–Trinajstić information content (AvgIpc) is 0.636. The lowest BCUT2D eigenvalue weighted by Crippen LogP contribution is -2.98. The van der Waals surface area contributed by atoms with E-state index in [4.69, 9.17) is 4.74 Å². The Bertz CT molecular complexity index is 4110. The van der Waals surface area contributed by atoms with Crippen LogP contribution in [0.3, 0.4) is 0 Å². The standard InChI is InChI=1S/C55H40O34/c56-22-1-15(2-23(57)36(22)70)43(77)50(84,44(78)16-3-24(58)37(71)25(59)4-16)54(48(82)20-11-32(66)41(75)33(67)12-20)52(86,46(80)18-7-28(62)39(73)29(63)8-18)51(85,45(79)17-5-26(60)38(72)27(61)6-17)53(87,47(81)19-9-30(64)40(74)31(65)10-19)55(88,89-54)49(83)21-13-34(68)42(76)35(69)14-21/h1-14,56-76,84-88H/t51-,52-,53+,54+,55?/m0/s1. The monoisotopic (exact) mass is 1240 g/mol. The molecule has 0 radical (unpaired) electrons. The summed E-state index contributed by atoms with van der Waals surface area (Å²) in [6, 6.07) is -2.62. The first-order chi connectivity index (χ1) is 41.1. The highest BCUT2D eigenvalue weighted by Gasteiger charge is 2.95. The van der Waals surface area contributed by atoms with Gasteiger partial charge in [0.15, 0.2) is 121 Å². The first-order valence-corrected chi connectivity index (χ1v) is 24.0. The molecule has 5 atom stereocenters. The minimum atomic E-state index is -6.41. The van der Waals surface area contributed by atoms with Gasteiger partial charge in [-0.05, 0) is 84.9 Å². The molecule has 1 fully saturated rings. The van der Waals surface area contributed by atoms with E-state index in [1.54, 1.807) is 0 Å². The molecular formula is C55H40O34. The van der Waals surface area contributed by atoms with Crippen LogP contribution in [0.5, 0.6) is 121 Å². The summed E-state index contributed by atoms with van der Waals surface area (Å²) < 4.78 is 5.69. The number of aliphatic hydroxyl groups is 5. The molecule has 34 nitrogen and oxygen atoms in total. The molecule has 1 heterocycles. The van der Waals surface area contributed by atoms with Gasteiger partial charge >= 0.3 is 0 Å². The quantitative estimate of drug-likeness (QED) is 0.0345. The van der Waals surface area contributed by atoms with Gasteiger partial charge in [-0.1, -0.05) is 0 Å². The molecule has 0 aliphatic carbocycles. The fraction of sp³-hybridized carbons (Fsp3) is 0.109. The third-order valence-electron chi connectivity index (χ3n) is 14.5. The highest BCUT2D eigenvalue weighted by molar-refractivity contribution is 6.33. The summed E-state index contributed by atoms with van der Waals surface area (Å²) in [7, 11) is 0. The van der Waals surface area contributed by atoms with E-state index in [9.17, 15) is 133 Å². The van der Waals surface area contributed by atoms with E-state index in [2.05, 4.69) is 0 Å². The second kappa shape index (κ2) is 20.5. The Morgan fingerprint density at radius 2 is 0.438 bits per heavy atom. The van der Waals surface area contributed by atoms with E-state index in [0.717, 1.165) is 0 Å². The van der Waals surface area contributed by atoms with E-state index in [1.165, 1.54) is 0 Å². The minimum absolute atomic E-state index is 0.153. The predicted molar refractivity (Wildman–Crippen MR) is 279 cm³/mol. The number of carbonyl (C=O) groups excluding carboxylic acids is 7. The van der Waals surface area contributed by atoms with Gasteiger partial charge in [0, 0.05) is 38.9 Å². The maximum absolute atomic E-state index is 16.8. The molecule has 26 N–H and O–H groups in total. The lowest BCUT2D eigenvalue weighted by molar-refractivity contribution is -0.405. The largest absolute Gasteiger partial charge is 0.504 e. The van der Waals surface area contributed by atoms with Gasteiger partial charge in [-0.2, -0.15) is 0 Å². The molecule has 1 aliphatic heterocycles. The zero-order valence-electron chi connectivity index (χ0n) is 43.5. The van der Waals surface area contributed by atoms with Crippen molar-refractivity contribution in [3.8, 4) is 121 Å². The fourth-order valence-corrected chi connectivity index (χ4v) is 10.0. The number of phenols is 21. The third kappa shape index (κ3) is 8.47. The summed E-state index contributed by atoms with van der Waals surface area (Å²) in [6.45, 7) is 0. The van der Waals surface area contributed by atoms with Gasteiger partial charge < -0.3 is 138 Å². The van der Waals surface area contributed by atoms with Crippen LogP contribution < -0.4 is 0 Å². The second-order valence-corrected chi connectivity index (χ2v) is 19.6. The van der Waals surface area contributed by atoms with Gasteiger partial charge in [-0.3, -0.25) is 33.6 Å². The summed E-state index contributed by atoms with van der Waals surface area (Å²) in [4.78, 5) is 114. The number of phenolic OH excluding ortho intramolecular Hbond substituents is 21. The van der Waals surface area contributed by atoms with E-state index in [1.807, 2.05) is 0 Å². The number of Topliss-reactive ketones (excluding diaryl/α,β-unsaturated/α-hetero) is 7. The van der Waals surface area contributed by atoms with E-state index >= 15 is 33.6 Å². The van der Waals surface area contributed by atoms with Crippen molar-refractivity contribution in [3.05, 3.63) is 124 Å². The van der Waals surface area contributed by atoms with Crippen LogP contribution >= 0.6 is 0 Å². The lowest BCUT2D eigenvalue weighted by atomic mass is 9.46. The van der Waals surface area contributed by atoms with Crippen LogP contribution in [-0.2, 0) is 4.74 Å². The number of rotatable bonds is 15. The molecular weight excluding hydrogens is 1200 g/mol. The number of ketones is 7. The molecule has 0 aromatic heterocycles. The summed E-state index contributed by atoms with van der Waals surface area (Å²) in [6.07, 6.45) is 0. The van der Waals surface area contributed by atoms with Crippen molar-refractivity contribution in [2.45, 2.75) is 33.8 Å². The van der Waals surface area contributed by atoms with Gasteiger partial charge in [0.2, 0.25) is 68.5 Å². The predicted octanol–water partition coefficient (Wildman–Crippen LogP) is -0.634. The van der Waals surface area contributed by atoms with Crippen molar-refractivity contribution in [1.82, 2.24) is 0 Å². The Kier molecular flexibility index (Phi) is 14.5. The maximum Gasteiger partial charge on any atom is 0.273 e. The number of hydrogen-bond donors (Lipinski definition) is 26. The summed E-state index contributed by atoms with van der Waals surface area (Å²) in [5, 5.41) is 296. The van der Waals surface area contributed by atoms with Crippen LogP contribution in [0.15, 0.2) is 84.9 Å². The lowest BCUT2D eigenvalue weighted by Gasteiger charge is -2.66. The first-order valence-electron chi connectivity index (χ1n) is 24.0. The molecule has 34 heteroatoms. The molecule has 7 aromatic rings. The van der Waals surface area contributed by atoms with Crippen LogP contribution in [0.4, 0.5) is 0 Å². The highest BCUT2D eigenvalue weighted by Crippen LogP contribution is 2.64. The summed E-state index contributed by atoms with van der Waals surface area (Å²) in [5.74, 6) is -65.5.